The summed E-state index contributed by atoms with van der Waals surface area (Å²) in [6.45, 7) is 2.94. The van der Waals surface area contributed by atoms with Crippen molar-refractivity contribution in [2.45, 2.75) is 26.2 Å². The molecule has 0 fully saturated rings. The third kappa shape index (κ3) is 6.42. The van der Waals surface area contributed by atoms with Crippen LogP contribution in [-0.4, -0.2) is 57.0 Å². The van der Waals surface area contributed by atoms with E-state index >= 15 is 0 Å². The summed E-state index contributed by atoms with van der Waals surface area (Å²) in [4.78, 5) is 0. The first kappa shape index (κ1) is 15.8. The number of nitrogens with zero attached hydrogens (tertiary/aromatic N) is 1. The summed E-state index contributed by atoms with van der Waals surface area (Å²) < 4.78 is 29.9. The number of hydrogen-bond acceptors (Lipinski definition) is 4. The Labute approximate surface area is 98.5 Å². The second kappa shape index (κ2) is 8.92. The number of ether oxygens (including phenoxy) is 1. The highest BCUT2D eigenvalue weighted by Gasteiger charge is 2.20. The molecule has 0 unspecified atom stereocenters. The van der Waals surface area contributed by atoms with Crippen molar-refractivity contribution in [1.29, 1.82) is 0 Å². The molecule has 0 heterocycles. The van der Waals surface area contributed by atoms with Crippen LogP contribution >= 0.6 is 0 Å². The van der Waals surface area contributed by atoms with Gasteiger partial charge in [0.25, 0.3) is 0 Å². The van der Waals surface area contributed by atoms with E-state index in [1.54, 1.807) is 7.11 Å². The molecule has 0 aliphatic heterocycles. The van der Waals surface area contributed by atoms with Crippen molar-refractivity contribution in [3.05, 3.63) is 0 Å². The highest BCUT2D eigenvalue weighted by molar-refractivity contribution is 7.89. The van der Waals surface area contributed by atoms with Crippen LogP contribution in [0.3, 0.4) is 0 Å². The average molecular weight is 253 g/mol. The van der Waals surface area contributed by atoms with Crippen LogP contribution in [0.15, 0.2) is 0 Å². The number of rotatable bonds is 10. The van der Waals surface area contributed by atoms with Gasteiger partial charge in [0, 0.05) is 26.8 Å². The van der Waals surface area contributed by atoms with Crippen LogP contribution < -0.4 is 0 Å². The molecule has 6 heteroatoms. The molecule has 0 aromatic carbocycles. The summed E-state index contributed by atoms with van der Waals surface area (Å²) in [5.74, 6) is 0.163. The van der Waals surface area contributed by atoms with E-state index in [-0.39, 0.29) is 18.9 Å². The van der Waals surface area contributed by atoms with Gasteiger partial charge in [-0.05, 0) is 12.8 Å². The molecule has 5 nitrogen and oxygen atoms in total. The third-order valence-electron chi connectivity index (χ3n) is 2.25. The zero-order valence-electron chi connectivity index (χ0n) is 10.2. The molecule has 0 spiro atoms. The molecule has 0 saturated carbocycles. The number of hydrogen-bond donors (Lipinski definition) is 1. The van der Waals surface area contributed by atoms with Gasteiger partial charge in [0.1, 0.15) is 0 Å². The van der Waals surface area contributed by atoms with Gasteiger partial charge in [-0.1, -0.05) is 13.3 Å². The van der Waals surface area contributed by atoms with Crippen LogP contribution in [-0.2, 0) is 14.8 Å². The van der Waals surface area contributed by atoms with Crippen molar-refractivity contribution in [2.24, 2.45) is 0 Å². The minimum Gasteiger partial charge on any atom is -0.395 e. The highest BCUT2D eigenvalue weighted by atomic mass is 32.2. The Kier molecular flexibility index (Phi) is 8.83. The summed E-state index contributed by atoms with van der Waals surface area (Å²) in [6, 6.07) is 0. The smallest absolute Gasteiger partial charge is 0.214 e. The van der Waals surface area contributed by atoms with Gasteiger partial charge in [-0.2, -0.15) is 4.31 Å². The van der Waals surface area contributed by atoms with Crippen molar-refractivity contribution < 1.29 is 18.3 Å². The Morgan fingerprint density at radius 3 is 2.44 bits per heavy atom. The number of sulfonamides is 1. The Hall–Kier alpha value is -0.170. The quantitative estimate of drug-likeness (QED) is 0.574. The topological polar surface area (TPSA) is 66.8 Å². The normalized spacial score (nSPS) is 12.2. The molecule has 0 aliphatic rings. The lowest BCUT2D eigenvalue weighted by Crippen LogP contribution is -2.36. The maximum absolute atomic E-state index is 11.8. The fraction of sp³-hybridized carbons (Fsp3) is 1.00. The van der Waals surface area contributed by atoms with E-state index in [2.05, 4.69) is 0 Å². The Balaban J connectivity index is 4.26. The first-order valence-corrected chi connectivity index (χ1v) is 7.27. The lowest BCUT2D eigenvalue weighted by atomic mass is 10.4. The second-order valence-electron chi connectivity index (χ2n) is 3.64. The lowest BCUT2D eigenvalue weighted by molar-refractivity contribution is 0.182. The maximum atomic E-state index is 11.8. The molecule has 0 aromatic heterocycles. The predicted octanol–water partition coefficient (Wildman–Crippen LogP) is 0.447. The molecule has 0 radical (unpaired) electrons. The van der Waals surface area contributed by atoms with Gasteiger partial charge in [-0.15, -0.1) is 0 Å². The van der Waals surface area contributed by atoms with Crippen LogP contribution in [0, 0.1) is 0 Å². The van der Waals surface area contributed by atoms with Crippen LogP contribution in [0.4, 0.5) is 0 Å². The standard InChI is InChI=1S/C10H23NO4S/c1-3-4-10-16(13,14)11(7-8-12)6-5-9-15-2/h12H,3-10H2,1-2H3. The molecule has 0 amide bonds. The van der Waals surface area contributed by atoms with Crippen LogP contribution in [0.5, 0.6) is 0 Å². The zero-order chi connectivity index (χ0) is 12.4. The summed E-state index contributed by atoms with van der Waals surface area (Å²) in [6.07, 6.45) is 2.17. The SMILES string of the molecule is CCCCS(=O)(=O)N(CCO)CCCOC. The van der Waals surface area contributed by atoms with Crippen molar-refractivity contribution in [3.63, 3.8) is 0 Å². The van der Waals surface area contributed by atoms with E-state index in [9.17, 15) is 8.42 Å². The van der Waals surface area contributed by atoms with E-state index in [1.165, 1.54) is 4.31 Å². The van der Waals surface area contributed by atoms with E-state index in [1.807, 2.05) is 6.92 Å². The first-order valence-electron chi connectivity index (χ1n) is 5.66. The van der Waals surface area contributed by atoms with Crippen molar-refractivity contribution in [3.8, 4) is 0 Å². The predicted molar refractivity (Wildman–Crippen MR) is 63.8 cm³/mol. The molecule has 0 aromatic rings. The van der Waals surface area contributed by atoms with Gasteiger partial charge in [-0.3, -0.25) is 0 Å². The summed E-state index contributed by atoms with van der Waals surface area (Å²) in [7, 11) is -1.62. The number of unbranched alkanes of at least 4 members (excludes halogenated alkanes) is 1. The van der Waals surface area contributed by atoms with E-state index in [0.29, 0.717) is 26.0 Å². The molecule has 1 N–H and O–H groups in total. The largest absolute Gasteiger partial charge is 0.395 e. The molecule has 0 aliphatic carbocycles. The fourth-order valence-electron chi connectivity index (χ4n) is 1.34. The van der Waals surface area contributed by atoms with Crippen LogP contribution in [0.2, 0.25) is 0 Å². The molecule has 0 atom stereocenters. The summed E-state index contributed by atoms with van der Waals surface area (Å²) >= 11 is 0. The van der Waals surface area contributed by atoms with Gasteiger partial charge in [0.15, 0.2) is 0 Å². The van der Waals surface area contributed by atoms with E-state index in [4.69, 9.17) is 9.84 Å². The Bertz CT molecular complexity index is 254. The molecule has 0 bridgehead atoms. The van der Waals surface area contributed by atoms with Gasteiger partial charge in [0.05, 0.1) is 12.4 Å². The summed E-state index contributed by atoms with van der Waals surface area (Å²) in [5.41, 5.74) is 0. The summed E-state index contributed by atoms with van der Waals surface area (Å²) in [5, 5.41) is 8.84. The molecular weight excluding hydrogens is 230 g/mol. The van der Waals surface area contributed by atoms with Gasteiger partial charge in [-0.25, -0.2) is 8.42 Å². The van der Waals surface area contributed by atoms with Gasteiger partial charge >= 0.3 is 0 Å². The minimum atomic E-state index is -3.21. The highest BCUT2D eigenvalue weighted by Crippen LogP contribution is 2.05. The lowest BCUT2D eigenvalue weighted by Gasteiger charge is -2.20. The Morgan fingerprint density at radius 2 is 1.94 bits per heavy atom. The number of aliphatic hydroxyl groups excluding tert-OH is 1. The van der Waals surface area contributed by atoms with Crippen LogP contribution in [0.1, 0.15) is 26.2 Å². The van der Waals surface area contributed by atoms with Crippen molar-refractivity contribution >= 4 is 10.0 Å². The number of aliphatic hydroxyl groups is 1. The molecule has 0 rings (SSSR count). The molecule has 98 valence electrons. The monoisotopic (exact) mass is 253 g/mol. The van der Waals surface area contributed by atoms with Crippen molar-refractivity contribution in [1.82, 2.24) is 4.31 Å². The first-order chi connectivity index (χ1) is 7.58. The van der Waals surface area contributed by atoms with Crippen molar-refractivity contribution in [2.75, 3.05) is 39.2 Å². The average Bonchev–Trinajstić information content (AvgIpc) is 2.25. The zero-order valence-corrected chi connectivity index (χ0v) is 11.0. The number of methoxy groups -OCH3 is 1. The van der Waals surface area contributed by atoms with E-state index in [0.717, 1.165) is 6.42 Å². The third-order valence-corrected chi connectivity index (χ3v) is 4.21. The molecule has 16 heavy (non-hydrogen) atoms. The second-order valence-corrected chi connectivity index (χ2v) is 5.73. The van der Waals surface area contributed by atoms with Crippen LogP contribution in [0.25, 0.3) is 0 Å². The van der Waals surface area contributed by atoms with E-state index < -0.39 is 10.0 Å². The fourth-order valence-corrected chi connectivity index (χ4v) is 3.02. The maximum Gasteiger partial charge on any atom is 0.214 e. The molecule has 0 saturated heterocycles. The van der Waals surface area contributed by atoms with Gasteiger partial charge in [0.2, 0.25) is 10.0 Å². The molecular formula is C10H23NO4S. The minimum absolute atomic E-state index is 0.141. The Morgan fingerprint density at radius 1 is 1.25 bits per heavy atom. The van der Waals surface area contributed by atoms with Gasteiger partial charge < -0.3 is 9.84 Å².